The molecule has 0 aliphatic carbocycles. The molecule has 1 rings (SSSR count). The molecule has 0 saturated carbocycles. The van der Waals surface area contributed by atoms with Gasteiger partial charge in [0.1, 0.15) is 23.0 Å². The molecule has 1 heterocycles. The van der Waals surface area contributed by atoms with Crippen molar-refractivity contribution >= 4 is 29.4 Å². The number of nitrogens with zero attached hydrogens (tertiary/aromatic N) is 1. The Labute approximate surface area is 207 Å². The van der Waals surface area contributed by atoms with Crippen molar-refractivity contribution in [2.75, 3.05) is 7.11 Å². The van der Waals surface area contributed by atoms with E-state index < -0.39 is 35.4 Å². The van der Waals surface area contributed by atoms with Crippen LogP contribution in [0.15, 0.2) is 58.9 Å². The van der Waals surface area contributed by atoms with Gasteiger partial charge in [0.15, 0.2) is 5.78 Å². The van der Waals surface area contributed by atoms with Gasteiger partial charge in [0, 0.05) is 5.54 Å². The summed E-state index contributed by atoms with van der Waals surface area (Å²) in [5, 5.41) is 0.395. The van der Waals surface area contributed by atoms with Crippen molar-refractivity contribution in [3.8, 4) is 0 Å². The minimum atomic E-state index is -1.05. The number of hydroxylamine groups is 2. The van der Waals surface area contributed by atoms with E-state index in [2.05, 4.69) is 19.9 Å². The van der Waals surface area contributed by atoms with E-state index in [9.17, 15) is 14.4 Å². The second kappa shape index (κ2) is 13.3. The van der Waals surface area contributed by atoms with E-state index in [1.54, 1.807) is 27.7 Å². The van der Waals surface area contributed by atoms with E-state index in [0.717, 1.165) is 24.6 Å². The van der Waals surface area contributed by atoms with Crippen LogP contribution in [-0.4, -0.2) is 41.7 Å². The van der Waals surface area contributed by atoms with Crippen LogP contribution < -0.4 is 0 Å². The van der Waals surface area contributed by atoms with Crippen LogP contribution in [0.3, 0.4) is 0 Å². The molecule has 2 amide bonds. The number of rotatable bonds is 8. The number of Topliss-reactive ketones (excluding diaryl/α,β-unsaturated/α-hetero) is 1. The topological polar surface area (TPSA) is 82.1 Å². The normalized spacial score (nSPS) is 20.9. The quantitative estimate of drug-likeness (QED) is 0.233. The summed E-state index contributed by atoms with van der Waals surface area (Å²) in [5.74, 6) is -1.73. The third kappa shape index (κ3) is 8.29. The number of ether oxygens (including phenoxy) is 2. The highest BCUT2D eigenvalue weighted by Crippen LogP contribution is 2.32. The third-order valence-corrected chi connectivity index (χ3v) is 5.21. The van der Waals surface area contributed by atoms with Crippen LogP contribution in [0.2, 0.25) is 0 Å². The predicted octanol–water partition coefficient (Wildman–Crippen LogP) is 6.03. The van der Waals surface area contributed by atoms with Gasteiger partial charge in [0.2, 0.25) is 0 Å². The number of amides is 2. The van der Waals surface area contributed by atoms with E-state index in [4.69, 9.17) is 25.9 Å². The lowest BCUT2D eigenvalue weighted by atomic mass is 9.86. The third-order valence-electron chi connectivity index (χ3n) is 5.08. The Morgan fingerprint density at radius 1 is 1.24 bits per heavy atom. The predicted molar refractivity (Wildman–Crippen MR) is 133 cm³/mol. The van der Waals surface area contributed by atoms with Crippen molar-refractivity contribution < 1.29 is 28.7 Å². The van der Waals surface area contributed by atoms with Crippen molar-refractivity contribution in [2.24, 2.45) is 11.8 Å². The fraction of sp³-hybridized carbons (Fsp3) is 0.500. The first-order valence-electron chi connectivity index (χ1n) is 11.2. The fourth-order valence-corrected chi connectivity index (χ4v) is 3.18. The maximum Gasteiger partial charge on any atom is 0.442 e. The summed E-state index contributed by atoms with van der Waals surface area (Å²) >= 11 is 5.75. The highest BCUT2D eigenvalue weighted by molar-refractivity contribution is 6.26. The first-order chi connectivity index (χ1) is 15.9. The summed E-state index contributed by atoms with van der Waals surface area (Å²) < 4.78 is 11.2. The molecule has 0 bridgehead atoms. The van der Waals surface area contributed by atoms with Gasteiger partial charge in [-0.1, -0.05) is 69.2 Å². The van der Waals surface area contributed by atoms with Crippen LogP contribution in [0.25, 0.3) is 0 Å². The molecule has 1 aliphatic heterocycles. The Hall–Kier alpha value is -2.64. The molecular formula is C26H36ClNO6. The van der Waals surface area contributed by atoms with Gasteiger partial charge in [-0.3, -0.25) is 14.4 Å². The molecule has 0 N–H and O–H groups in total. The van der Waals surface area contributed by atoms with Gasteiger partial charge < -0.3 is 9.47 Å². The molecule has 188 valence electrons. The molecule has 34 heavy (non-hydrogen) atoms. The van der Waals surface area contributed by atoms with Crippen molar-refractivity contribution in [1.29, 1.82) is 0 Å². The molecule has 0 aromatic heterocycles. The van der Waals surface area contributed by atoms with Crippen molar-refractivity contribution in [2.45, 2.75) is 66.6 Å². The minimum absolute atomic E-state index is 0.0490. The van der Waals surface area contributed by atoms with Crippen LogP contribution in [0.4, 0.5) is 4.79 Å². The second-order valence-corrected chi connectivity index (χ2v) is 9.30. The zero-order valence-electron chi connectivity index (χ0n) is 21.3. The zero-order valence-corrected chi connectivity index (χ0v) is 22.0. The number of imide groups is 1. The molecule has 7 nitrogen and oxygen atoms in total. The fourth-order valence-electron chi connectivity index (χ4n) is 3.06. The second-order valence-electron chi connectivity index (χ2n) is 9.05. The lowest BCUT2D eigenvalue weighted by Crippen LogP contribution is -2.45. The molecule has 8 heteroatoms. The smallest absolute Gasteiger partial charge is 0.442 e. The zero-order chi connectivity index (χ0) is 26.1. The summed E-state index contributed by atoms with van der Waals surface area (Å²) in [6.07, 6.45) is 10.4. The summed E-state index contributed by atoms with van der Waals surface area (Å²) in [5.41, 5.74) is 0.711. The Bertz CT molecular complexity index is 907. The number of ketones is 1. The van der Waals surface area contributed by atoms with Crippen LogP contribution in [-0.2, 0) is 23.9 Å². The highest BCUT2D eigenvalue weighted by Gasteiger charge is 2.42. The standard InChI is InChI=1S/C26H36ClNO6/c1-9-17(2)13-11-10-12-14-18(3)23-19(4)22(29)21(20(33-23)15-16-27)24(30)28(32-8)25(31)34-26(5,6)7/h10-17,19,23H,9H2,1-8H3/b12-10+,13-11+,16-15+,18-14+/t17-,19?,23?/m1/s1. The van der Waals surface area contributed by atoms with Gasteiger partial charge in [0.05, 0.1) is 13.0 Å². The van der Waals surface area contributed by atoms with Gasteiger partial charge in [-0.05, 0) is 45.3 Å². The lowest BCUT2D eigenvalue weighted by molar-refractivity contribution is -0.166. The van der Waals surface area contributed by atoms with E-state index >= 15 is 0 Å². The minimum Gasteiger partial charge on any atom is -0.484 e. The Balaban J connectivity index is 3.26. The number of hydrogen-bond acceptors (Lipinski definition) is 6. The molecular weight excluding hydrogens is 458 g/mol. The van der Waals surface area contributed by atoms with Crippen LogP contribution in [0.1, 0.15) is 54.9 Å². The molecule has 0 saturated heterocycles. The van der Waals surface area contributed by atoms with E-state index in [1.807, 2.05) is 31.2 Å². The maximum absolute atomic E-state index is 13.3. The van der Waals surface area contributed by atoms with Gasteiger partial charge in [-0.15, -0.1) is 5.06 Å². The first-order valence-corrected chi connectivity index (χ1v) is 11.7. The number of allylic oxidation sites excluding steroid dienone is 6. The first kappa shape index (κ1) is 29.4. The molecule has 0 aromatic rings. The highest BCUT2D eigenvalue weighted by atomic mass is 35.5. The van der Waals surface area contributed by atoms with Gasteiger partial charge in [-0.25, -0.2) is 4.79 Å². The molecule has 0 radical (unpaired) electrons. The van der Waals surface area contributed by atoms with Gasteiger partial charge in [-0.2, -0.15) is 0 Å². The monoisotopic (exact) mass is 493 g/mol. The van der Waals surface area contributed by atoms with Crippen LogP contribution >= 0.6 is 11.6 Å². The van der Waals surface area contributed by atoms with Crippen LogP contribution in [0.5, 0.6) is 0 Å². The van der Waals surface area contributed by atoms with E-state index in [0.29, 0.717) is 11.0 Å². The number of carbonyl (C=O) groups excluding carboxylic acids is 3. The van der Waals surface area contributed by atoms with Gasteiger partial charge >= 0.3 is 6.09 Å². The van der Waals surface area contributed by atoms with Crippen LogP contribution in [0, 0.1) is 11.8 Å². The molecule has 2 unspecified atom stereocenters. The molecule has 0 aromatic carbocycles. The molecule has 3 atom stereocenters. The summed E-state index contributed by atoms with van der Waals surface area (Å²) in [7, 11) is 1.13. The maximum atomic E-state index is 13.3. The van der Waals surface area contributed by atoms with E-state index in [-0.39, 0.29) is 11.3 Å². The Morgan fingerprint density at radius 2 is 1.88 bits per heavy atom. The van der Waals surface area contributed by atoms with E-state index in [1.165, 1.54) is 6.08 Å². The molecule has 0 fully saturated rings. The molecule has 1 aliphatic rings. The van der Waals surface area contributed by atoms with Crippen molar-refractivity contribution in [3.05, 3.63) is 58.9 Å². The number of halogens is 1. The van der Waals surface area contributed by atoms with Crippen molar-refractivity contribution in [3.63, 3.8) is 0 Å². The Kier molecular flexibility index (Phi) is 11.5. The summed E-state index contributed by atoms with van der Waals surface area (Å²) in [4.78, 5) is 43.8. The summed E-state index contributed by atoms with van der Waals surface area (Å²) in [6.45, 7) is 12.7. The average molecular weight is 494 g/mol. The SMILES string of the molecule is CC[C@@H](C)/C=C/C=C/C=C(\C)C1OC(/C=C/Cl)=C(C(=O)N(OC)C(=O)OC(C)(C)C)C(=O)C1C. The number of hydrogen-bond donors (Lipinski definition) is 0. The average Bonchev–Trinajstić information content (AvgIpc) is 2.74. The van der Waals surface area contributed by atoms with Crippen molar-refractivity contribution in [1.82, 2.24) is 5.06 Å². The summed E-state index contributed by atoms with van der Waals surface area (Å²) in [6, 6.07) is 0. The lowest BCUT2D eigenvalue weighted by Gasteiger charge is -2.32. The molecule has 0 spiro atoms. The largest absolute Gasteiger partial charge is 0.484 e. The Morgan fingerprint density at radius 3 is 2.41 bits per heavy atom. The number of carbonyl (C=O) groups is 3. The van der Waals surface area contributed by atoms with Gasteiger partial charge in [0.25, 0.3) is 5.91 Å².